The fourth-order valence-electron chi connectivity index (χ4n) is 3.52. The third-order valence-electron chi connectivity index (χ3n) is 5.18. The molecule has 9 heteroatoms. The van der Waals surface area contributed by atoms with E-state index in [1.165, 1.54) is 0 Å². The monoisotopic (exact) mass is 433 g/mol. The first kappa shape index (κ1) is 21.1. The molecule has 0 aliphatic carbocycles. The zero-order chi connectivity index (χ0) is 22.8. The molecule has 1 N–H and O–H groups in total. The van der Waals surface area contributed by atoms with Gasteiger partial charge in [-0.15, -0.1) is 10.2 Å². The molecule has 1 amide bonds. The van der Waals surface area contributed by atoms with Crippen LogP contribution in [0, 0.1) is 13.8 Å². The number of fused-ring (bicyclic) bond motifs is 1. The number of hydrogen-bond acceptors (Lipinski definition) is 7. The highest BCUT2D eigenvalue weighted by molar-refractivity contribution is 6.03. The zero-order valence-electron chi connectivity index (χ0n) is 18.5. The largest absolute Gasteiger partial charge is 0.497 e. The summed E-state index contributed by atoms with van der Waals surface area (Å²) in [6.45, 7) is 3.67. The number of anilines is 1. The van der Waals surface area contributed by atoms with Crippen molar-refractivity contribution in [1.82, 2.24) is 19.8 Å². The van der Waals surface area contributed by atoms with Crippen LogP contribution in [0.5, 0.6) is 17.2 Å². The molecule has 4 aromatic rings. The highest BCUT2D eigenvalue weighted by Crippen LogP contribution is 2.35. The summed E-state index contributed by atoms with van der Waals surface area (Å²) >= 11 is 0. The molecule has 0 atom stereocenters. The van der Waals surface area contributed by atoms with Gasteiger partial charge in [-0.05, 0) is 55.8 Å². The van der Waals surface area contributed by atoms with E-state index < -0.39 is 0 Å². The minimum absolute atomic E-state index is 0.190. The van der Waals surface area contributed by atoms with Crippen molar-refractivity contribution in [3.8, 4) is 28.4 Å². The van der Waals surface area contributed by atoms with Crippen LogP contribution in [0.2, 0.25) is 0 Å². The quantitative estimate of drug-likeness (QED) is 0.495. The Balaban J connectivity index is 1.72. The van der Waals surface area contributed by atoms with Crippen LogP contribution in [0.4, 0.5) is 5.69 Å². The molecule has 0 saturated carbocycles. The molecular weight excluding hydrogens is 410 g/mol. The van der Waals surface area contributed by atoms with Gasteiger partial charge < -0.3 is 19.5 Å². The maximum absolute atomic E-state index is 12.8. The minimum atomic E-state index is -0.372. The summed E-state index contributed by atoms with van der Waals surface area (Å²) in [5.74, 6) is 1.56. The van der Waals surface area contributed by atoms with Crippen molar-refractivity contribution in [1.29, 1.82) is 0 Å². The number of carbonyl (C=O) groups excluding carboxylic acids is 1. The number of methoxy groups -OCH3 is 3. The van der Waals surface area contributed by atoms with Gasteiger partial charge in [0.15, 0.2) is 22.8 Å². The van der Waals surface area contributed by atoms with Crippen LogP contribution in [0.15, 0.2) is 42.5 Å². The molecule has 2 heterocycles. The highest BCUT2D eigenvalue weighted by atomic mass is 16.5. The zero-order valence-corrected chi connectivity index (χ0v) is 18.5. The molecular formula is C23H23N5O4. The predicted molar refractivity (Wildman–Crippen MR) is 120 cm³/mol. The SMILES string of the molecule is COc1ccc(NC(=O)c2nnc3c(-c4ccc(OC)c(OC)c4)c(C)nn3c2C)cc1. The van der Waals surface area contributed by atoms with Gasteiger partial charge >= 0.3 is 0 Å². The third kappa shape index (κ3) is 3.68. The van der Waals surface area contributed by atoms with Gasteiger partial charge in [-0.2, -0.15) is 5.10 Å². The van der Waals surface area contributed by atoms with E-state index in [1.807, 2.05) is 25.1 Å². The molecule has 0 aliphatic heterocycles. The fraction of sp³-hybridized carbons (Fsp3) is 0.217. The molecule has 0 radical (unpaired) electrons. The lowest BCUT2D eigenvalue weighted by Crippen LogP contribution is -2.18. The molecule has 32 heavy (non-hydrogen) atoms. The number of amides is 1. The lowest BCUT2D eigenvalue weighted by atomic mass is 10.1. The van der Waals surface area contributed by atoms with E-state index in [2.05, 4.69) is 20.6 Å². The van der Waals surface area contributed by atoms with Gasteiger partial charge in [0.2, 0.25) is 0 Å². The Kier molecular flexibility index (Phi) is 5.63. The highest BCUT2D eigenvalue weighted by Gasteiger charge is 2.21. The maximum Gasteiger partial charge on any atom is 0.278 e. The number of ether oxygens (including phenoxy) is 3. The maximum atomic E-state index is 12.8. The minimum Gasteiger partial charge on any atom is -0.497 e. The van der Waals surface area contributed by atoms with Gasteiger partial charge in [0.1, 0.15) is 5.75 Å². The number of carbonyl (C=O) groups is 1. The van der Waals surface area contributed by atoms with Crippen molar-refractivity contribution in [3.05, 3.63) is 59.5 Å². The van der Waals surface area contributed by atoms with Crippen molar-refractivity contribution in [3.63, 3.8) is 0 Å². The number of aryl methyl sites for hydroxylation is 2. The van der Waals surface area contributed by atoms with Gasteiger partial charge in [0.05, 0.1) is 38.3 Å². The molecule has 2 aromatic carbocycles. The first-order valence-electron chi connectivity index (χ1n) is 9.87. The fourth-order valence-corrected chi connectivity index (χ4v) is 3.52. The summed E-state index contributed by atoms with van der Waals surface area (Å²) in [5.41, 5.74) is 4.36. The Labute approximate surface area is 185 Å². The molecule has 2 aromatic heterocycles. The molecule has 0 fully saturated rings. The topological polar surface area (TPSA) is 99.9 Å². The van der Waals surface area contributed by atoms with Crippen LogP contribution in [-0.4, -0.2) is 47.0 Å². The number of nitrogens with one attached hydrogen (secondary N) is 1. The molecule has 0 bridgehead atoms. The van der Waals surface area contributed by atoms with Gasteiger partial charge in [-0.1, -0.05) is 6.07 Å². The van der Waals surface area contributed by atoms with E-state index in [1.54, 1.807) is 57.0 Å². The van der Waals surface area contributed by atoms with Crippen LogP contribution in [-0.2, 0) is 0 Å². The number of aromatic nitrogens is 4. The number of nitrogens with zero attached hydrogens (tertiary/aromatic N) is 4. The second-order valence-electron chi connectivity index (χ2n) is 7.08. The number of benzene rings is 2. The Hall–Kier alpha value is -4.14. The van der Waals surface area contributed by atoms with Crippen LogP contribution < -0.4 is 19.5 Å². The lowest BCUT2D eigenvalue weighted by molar-refractivity contribution is 0.102. The van der Waals surface area contributed by atoms with Crippen molar-refractivity contribution in [2.75, 3.05) is 26.6 Å². The second-order valence-corrected chi connectivity index (χ2v) is 7.08. The molecule has 0 spiro atoms. The standard InChI is InChI=1S/C23H23N5O4/c1-13-20(15-6-11-18(31-4)19(12-15)32-5)22-26-25-21(14(2)28(22)27-13)23(29)24-16-7-9-17(30-3)10-8-16/h6-12H,1-5H3,(H,24,29). The number of hydrogen-bond donors (Lipinski definition) is 1. The third-order valence-corrected chi connectivity index (χ3v) is 5.18. The normalized spacial score (nSPS) is 10.8. The summed E-state index contributed by atoms with van der Waals surface area (Å²) in [5, 5.41) is 16.0. The van der Waals surface area contributed by atoms with Crippen LogP contribution >= 0.6 is 0 Å². The van der Waals surface area contributed by atoms with Crippen LogP contribution in [0.3, 0.4) is 0 Å². The predicted octanol–water partition coefficient (Wildman–Crippen LogP) is 3.69. The first-order chi connectivity index (χ1) is 15.5. The summed E-state index contributed by atoms with van der Waals surface area (Å²) in [6.07, 6.45) is 0. The Morgan fingerprint density at radius 3 is 2.28 bits per heavy atom. The summed E-state index contributed by atoms with van der Waals surface area (Å²) in [7, 11) is 4.76. The molecule has 164 valence electrons. The molecule has 4 rings (SSSR count). The summed E-state index contributed by atoms with van der Waals surface area (Å²) in [4.78, 5) is 12.8. The van der Waals surface area contributed by atoms with Crippen LogP contribution in [0.25, 0.3) is 16.8 Å². The molecule has 9 nitrogen and oxygen atoms in total. The first-order valence-corrected chi connectivity index (χ1v) is 9.87. The smallest absolute Gasteiger partial charge is 0.278 e. The van der Waals surface area contributed by atoms with E-state index in [4.69, 9.17) is 14.2 Å². The Bertz CT molecular complexity index is 1300. The van der Waals surface area contributed by atoms with E-state index in [9.17, 15) is 4.79 Å². The molecule has 0 unspecified atom stereocenters. The van der Waals surface area contributed by atoms with Crippen molar-refractivity contribution >= 4 is 17.2 Å². The second kappa shape index (κ2) is 8.54. The van der Waals surface area contributed by atoms with Crippen LogP contribution in [0.1, 0.15) is 21.9 Å². The van der Waals surface area contributed by atoms with Crippen molar-refractivity contribution < 1.29 is 19.0 Å². The van der Waals surface area contributed by atoms with Crippen molar-refractivity contribution in [2.24, 2.45) is 0 Å². The summed E-state index contributed by atoms with van der Waals surface area (Å²) in [6, 6.07) is 12.6. The van der Waals surface area contributed by atoms with Gasteiger partial charge in [-0.3, -0.25) is 4.79 Å². The summed E-state index contributed by atoms with van der Waals surface area (Å²) < 4.78 is 17.5. The molecule has 0 saturated heterocycles. The van der Waals surface area contributed by atoms with E-state index in [0.717, 1.165) is 16.8 Å². The molecule has 0 aliphatic rings. The average Bonchev–Trinajstić information content (AvgIpc) is 3.16. The van der Waals surface area contributed by atoms with Crippen molar-refractivity contribution in [2.45, 2.75) is 13.8 Å². The van der Waals surface area contributed by atoms with E-state index in [-0.39, 0.29) is 11.6 Å². The Morgan fingerprint density at radius 2 is 1.62 bits per heavy atom. The van der Waals surface area contributed by atoms with E-state index >= 15 is 0 Å². The average molecular weight is 433 g/mol. The number of rotatable bonds is 6. The van der Waals surface area contributed by atoms with Gasteiger partial charge in [0.25, 0.3) is 5.91 Å². The van der Waals surface area contributed by atoms with Gasteiger partial charge in [0, 0.05) is 5.69 Å². The van der Waals surface area contributed by atoms with Gasteiger partial charge in [-0.25, -0.2) is 4.52 Å². The Morgan fingerprint density at radius 1 is 0.906 bits per heavy atom. The van der Waals surface area contributed by atoms with E-state index in [0.29, 0.717) is 34.3 Å². The lowest BCUT2D eigenvalue weighted by Gasteiger charge is -2.10.